The molecular weight excluding hydrogens is 414 g/mol. The van der Waals surface area contributed by atoms with Crippen molar-refractivity contribution in [2.75, 3.05) is 19.7 Å². The van der Waals surface area contributed by atoms with Gasteiger partial charge in [-0.1, -0.05) is 42.5 Å². The largest absolute Gasteiger partial charge is 0.388 e. The zero-order valence-corrected chi connectivity index (χ0v) is 19.0. The third-order valence-electron chi connectivity index (χ3n) is 6.16. The molecule has 1 N–H and O–H groups in total. The van der Waals surface area contributed by atoms with Crippen LogP contribution in [0.5, 0.6) is 0 Å². The summed E-state index contributed by atoms with van der Waals surface area (Å²) in [6, 6.07) is 19.1. The predicted octanol–water partition coefficient (Wildman–Crippen LogP) is 3.66. The summed E-state index contributed by atoms with van der Waals surface area (Å²) in [5.74, 6) is -0.226. The van der Waals surface area contributed by atoms with E-state index in [1.807, 2.05) is 53.4 Å². The molecule has 4 rings (SSSR count). The first-order valence-corrected chi connectivity index (χ1v) is 11.2. The van der Waals surface area contributed by atoms with Crippen molar-refractivity contribution in [3.05, 3.63) is 89.7 Å². The zero-order valence-electron chi connectivity index (χ0n) is 19.0. The number of aliphatic hydroxyl groups excluding tert-OH is 1. The van der Waals surface area contributed by atoms with E-state index in [4.69, 9.17) is 5.11 Å². The molecule has 1 amide bonds. The summed E-state index contributed by atoms with van der Waals surface area (Å²) in [5, 5.41) is 9.01. The number of pyridine rings is 1. The number of piperazine rings is 1. The average Bonchev–Trinajstić information content (AvgIpc) is 2.84. The van der Waals surface area contributed by atoms with Gasteiger partial charge in [-0.15, -0.1) is 0 Å². The number of aromatic nitrogens is 1. The van der Waals surface area contributed by atoms with E-state index >= 15 is 0 Å². The predicted molar refractivity (Wildman–Crippen MR) is 128 cm³/mol. The standard InChI is InChI=1S/C27H29N3O3/c1-19-15-29(17-21-8-10-22(11-9-21)26(32)18-31)16-20(2)30(19)27(33)24-6-3-5-23(13-24)25-7-4-12-28-14-25/h3-14,19-20,31H,15-18H2,1-2H3/t19-,20+. The number of hydrogen-bond donors (Lipinski definition) is 1. The van der Waals surface area contributed by atoms with Crippen molar-refractivity contribution in [1.82, 2.24) is 14.8 Å². The molecule has 1 aliphatic rings. The molecule has 1 fully saturated rings. The number of rotatable bonds is 6. The lowest BCUT2D eigenvalue weighted by atomic mass is 10.0. The Bertz CT molecular complexity index is 1100. The molecule has 6 heteroatoms. The summed E-state index contributed by atoms with van der Waals surface area (Å²) in [5.41, 5.74) is 4.29. The highest BCUT2D eigenvalue weighted by molar-refractivity contribution is 5.97. The Kier molecular flexibility index (Phi) is 6.96. The van der Waals surface area contributed by atoms with Gasteiger partial charge < -0.3 is 10.0 Å². The van der Waals surface area contributed by atoms with Gasteiger partial charge in [0.25, 0.3) is 5.91 Å². The number of Topliss-reactive ketones (excluding diaryl/α,β-unsaturated/α-hetero) is 1. The van der Waals surface area contributed by atoms with Gasteiger partial charge in [-0.3, -0.25) is 19.5 Å². The normalized spacial score (nSPS) is 18.8. The Morgan fingerprint density at radius 3 is 2.27 bits per heavy atom. The van der Waals surface area contributed by atoms with Gasteiger partial charge in [0.05, 0.1) is 0 Å². The van der Waals surface area contributed by atoms with Gasteiger partial charge in [0.1, 0.15) is 6.61 Å². The molecule has 0 radical (unpaired) electrons. The van der Waals surface area contributed by atoms with E-state index in [1.165, 1.54) is 0 Å². The van der Waals surface area contributed by atoms with Gasteiger partial charge in [0.15, 0.2) is 5.78 Å². The molecule has 2 aromatic carbocycles. The number of hydrogen-bond acceptors (Lipinski definition) is 5. The molecule has 170 valence electrons. The molecule has 3 aromatic rings. The van der Waals surface area contributed by atoms with Crippen LogP contribution in [-0.2, 0) is 6.54 Å². The van der Waals surface area contributed by atoms with Crippen LogP contribution in [0.2, 0.25) is 0 Å². The number of carbonyl (C=O) groups is 2. The highest BCUT2D eigenvalue weighted by atomic mass is 16.3. The second kappa shape index (κ2) is 10.1. The van der Waals surface area contributed by atoms with Crippen LogP contribution in [0.25, 0.3) is 11.1 Å². The van der Waals surface area contributed by atoms with Crippen molar-refractivity contribution in [3.8, 4) is 11.1 Å². The summed E-state index contributed by atoms with van der Waals surface area (Å²) < 4.78 is 0. The quantitative estimate of drug-likeness (QED) is 0.589. The first-order chi connectivity index (χ1) is 16.0. The number of carbonyl (C=O) groups excluding carboxylic acids is 2. The molecule has 33 heavy (non-hydrogen) atoms. The molecule has 0 saturated carbocycles. The van der Waals surface area contributed by atoms with Crippen LogP contribution < -0.4 is 0 Å². The van der Waals surface area contributed by atoms with Crippen LogP contribution in [0.1, 0.15) is 40.1 Å². The van der Waals surface area contributed by atoms with Gasteiger partial charge in [-0.2, -0.15) is 0 Å². The SMILES string of the molecule is C[C@@H]1CN(Cc2ccc(C(=O)CO)cc2)C[C@H](C)N1C(=O)c1cccc(-c2cccnc2)c1. The van der Waals surface area contributed by atoms with E-state index in [1.54, 1.807) is 24.5 Å². The maximum Gasteiger partial charge on any atom is 0.254 e. The molecule has 0 unspecified atom stereocenters. The molecular formula is C27H29N3O3. The van der Waals surface area contributed by atoms with Crippen molar-refractivity contribution in [2.24, 2.45) is 0 Å². The van der Waals surface area contributed by atoms with E-state index in [9.17, 15) is 9.59 Å². The van der Waals surface area contributed by atoms with Gasteiger partial charge >= 0.3 is 0 Å². The summed E-state index contributed by atoms with van der Waals surface area (Å²) in [6.07, 6.45) is 3.55. The fourth-order valence-electron chi connectivity index (χ4n) is 4.62. The van der Waals surface area contributed by atoms with Gasteiger partial charge in [-0.25, -0.2) is 0 Å². The summed E-state index contributed by atoms with van der Waals surface area (Å²) in [7, 11) is 0. The number of nitrogens with zero attached hydrogens (tertiary/aromatic N) is 3. The molecule has 1 aromatic heterocycles. The highest BCUT2D eigenvalue weighted by Gasteiger charge is 2.33. The maximum atomic E-state index is 13.4. The maximum absolute atomic E-state index is 13.4. The van der Waals surface area contributed by atoms with Crippen LogP contribution in [0.15, 0.2) is 73.1 Å². The van der Waals surface area contributed by atoms with E-state index in [0.717, 1.165) is 36.3 Å². The first-order valence-electron chi connectivity index (χ1n) is 11.2. The Morgan fingerprint density at radius 2 is 1.64 bits per heavy atom. The third-order valence-corrected chi connectivity index (χ3v) is 6.16. The molecule has 2 heterocycles. The van der Waals surface area contributed by atoms with Crippen molar-refractivity contribution in [3.63, 3.8) is 0 Å². The van der Waals surface area contributed by atoms with Crippen molar-refractivity contribution < 1.29 is 14.7 Å². The summed E-state index contributed by atoms with van der Waals surface area (Å²) >= 11 is 0. The fraction of sp³-hybridized carbons (Fsp3) is 0.296. The van der Waals surface area contributed by atoms with Crippen LogP contribution in [0.4, 0.5) is 0 Å². The summed E-state index contributed by atoms with van der Waals surface area (Å²) in [4.78, 5) is 33.6. The number of aliphatic hydroxyl groups is 1. The smallest absolute Gasteiger partial charge is 0.254 e. The minimum atomic E-state index is -0.477. The average molecular weight is 444 g/mol. The second-order valence-electron chi connectivity index (χ2n) is 8.71. The van der Waals surface area contributed by atoms with Gasteiger partial charge in [0.2, 0.25) is 0 Å². The minimum Gasteiger partial charge on any atom is -0.388 e. The van der Waals surface area contributed by atoms with Crippen LogP contribution in [0, 0.1) is 0 Å². The van der Waals surface area contributed by atoms with Crippen LogP contribution >= 0.6 is 0 Å². The third kappa shape index (κ3) is 5.18. The molecule has 0 spiro atoms. The van der Waals surface area contributed by atoms with E-state index < -0.39 is 6.61 Å². The monoisotopic (exact) mass is 443 g/mol. The number of ketones is 1. The lowest BCUT2D eigenvalue weighted by Crippen LogP contribution is -2.58. The number of amides is 1. The van der Waals surface area contributed by atoms with E-state index in [2.05, 4.69) is 23.7 Å². The molecule has 6 nitrogen and oxygen atoms in total. The second-order valence-corrected chi connectivity index (χ2v) is 8.71. The Morgan fingerprint density at radius 1 is 0.939 bits per heavy atom. The first kappa shape index (κ1) is 22.8. The minimum absolute atomic E-state index is 0.0484. The topological polar surface area (TPSA) is 73.7 Å². The van der Waals surface area contributed by atoms with Crippen molar-refractivity contribution in [1.29, 1.82) is 0 Å². The van der Waals surface area contributed by atoms with Crippen LogP contribution in [0.3, 0.4) is 0 Å². The highest BCUT2D eigenvalue weighted by Crippen LogP contribution is 2.24. The Labute approximate surface area is 194 Å². The van der Waals surface area contributed by atoms with Gasteiger partial charge in [0, 0.05) is 60.8 Å². The molecule has 0 bridgehead atoms. The van der Waals surface area contributed by atoms with Crippen molar-refractivity contribution >= 4 is 11.7 Å². The fourth-order valence-corrected chi connectivity index (χ4v) is 4.62. The zero-order chi connectivity index (χ0) is 23.4. The lowest BCUT2D eigenvalue weighted by molar-refractivity contribution is 0.0268. The van der Waals surface area contributed by atoms with Crippen molar-refractivity contribution in [2.45, 2.75) is 32.5 Å². The molecule has 2 atom stereocenters. The molecule has 1 saturated heterocycles. The molecule has 0 aliphatic carbocycles. The summed E-state index contributed by atoms with van der Waals surface area (Å²) in [6.45, 7) is 6.00. The van der Waals surface area contributed by atoms with E-state index in [-0.39, 0.29) is 23.8 Å². The lowest BCUT2D eigenvalue weighted by Gasteiger charge is -2.44. The number of benzene rings is 2. The van der Waals surface area contributed by atoms with E-state index in [0.29, 0.717) is 11.1 Å². The molecule has 1 aliphatic heterocycles. The Balaban J connectivity index is 1.44. The van der Waals surface area contributed by atoms with Crippen LogP contribution in [-0.4, -0.2) is 63.4 Å². The van der Waals surface area contributed by atoms with Gasteiger partial charge in [-0.05, 0) is 43.2 Å². The Hall–Kier alpha value is -3.35.